The predicted octanol–water partition coefficient (Wildman–Crippen LogP) is 3.96. The second-order valence-electron chi connectivity index (χ2n) is 9.68. The summed E-state index contributed by atoms with van der Waals surface area (Å²) in [5, 5.41) is 3.07. The number of ketones is 1. The molecule has 0 spiro atoms. The lowest BCUT2D eigenvalue weighted by Gasteiger charge is -2.38. The van der Waals surface area contributed by atoms with Crippen LogP contribution in [0.15, 0.2) is 39.5 Å². The van der Waals surface area contributed by atoms with Crippen LogP contribution in [0.1, 0.15) is 47.2 Å². The number of methoxy groups -OCH3 is 1. The number of rotatable bonds is 7. The highest BCUT2D eigenvalue weighted by atomic mass is 16.5. The minimum atomic E-state index is -0.511. The third kappa shape index (κ3) is 5.02. The molecular weight excluding hydrogens is 460 g/mol. The molecule has 0 unspecified atom stereocenters. The third-order valence-corrected chi connectivity index (χ3v) is 7.36. The lowest BCUT2D eigenvalue weighted by Crippen LogP contribution is -2.49. The molecule has 3 heterocycles. The van der Waals surface area contributed by atoms with Crippen molar-refractivity contribution in [2.75, 3.05) is 38.6 Å². The van der Waals surface area contributed by atoms with Crippen molar-refractivity contribution in [2.45, 2.75) is 45.1 Å². The summed E-state index contributed by atoms with van der Waals surface area (Å²) in [7, 11) is 1.65. The summed E-state index contributed by atoms with van der Waals surface area (Å²) < 4.78 is 10.5. The van der Waals surface area contributed by atoms with Crippen LogP contribution in [-0.4, -0.2) is 65.9 Å². The van der Waals surface area contributed by atoms with Crippen LogP contribution in [0.5, 0.6) is 5.75 Å². The van der Waals surface area contributed by atoms with Crippen LogP contribution in [0.25, 0.3) is 11.1 Å². The van der Waals surface area contributed by atoms with E-state index in [0.717, 1.165) is 67.9 Å². The van der Waals surface area contributed by atoms with Crippen LogP contribution in [0.2, 0.25) is 0 Å². The lowest BCUT2D eigenvalue weighted by molar-refractivity contribution is 0.0962. The minimum Gasteiger partial charge on any atom is -0.497 e. The van der Waals surface area contributed by atoms with Crippen molar-refractivity contribution in [1.82, 2.24) is 14.8 Å². The van der Waals surface area contributed by atoms with Crippen LogP contribution in [0.3, 0.4) is 0 Å². The van der Waals surface area contributed by atoms with Gasteiger partial charge in [0.2, 0.25) is 0 Å². The normalized spacial score (nSPS) is 17.1. The summed E-state index contributed by atoms with van der Waals surface area (Å²) in [5.74, 6) is 0.342. The van der Waals surface area contributed by atoms with Gasteiger partial charge in [-0.1, -0.05) is 0 Å². The summed E-state index contributed by atoms with van der Waals surface area (Å²) in [5.41, 5.74) is 4.42. The van der Waals surface area contributed by atoms with Gasteiger partial charge in [-0.25, -0.2) is 9.59 Å². The zero-order valence-corrected chi connectivity index (χ0v) is 20.8. The van der Waals surface area contributed by atoms with Gasteiger partial charge in [-0.2, -0.15) is 0 Å². The molecule has 3 aromatic rings. The number of carbonyl (C=O) groups is 2. The molecule has 2 aliphatic rings. The number of ether oxygens (including phenoxy) is 1. The molecule has 2 aliphatic heterocycles. The van der Waals surface area contributed by atoms with Crippen molar-refractivity contribution in [3.63, 3.8) is 0 Å². The first-order valence-electron chi connectivity index (χ1n) is 12.5. The van der Waals surface area contributed by atoms with Gasteiger partial charge in [0.15, 0.2) is 11.4 Å². The molecule has 0 bridgehead atoms. The number of aromatic amines is 1. The van der Waals surface area contributed by atoms with Gasteiger partial charge in [0.05, 0.1) is 12.6 Å². The molecule has 1 fully saturated rings. The van der Waals surface area contributed by atoms with Crippen molar-refractivity contribution >= 4 is 28.6 Å². The molecule has 0 saturated carbocycles. The molecule has 9 nitrogen and oxygen atoms in total. The van der Waals surface area contributed by atoms with E-state index in [9.17, 15) is 14.4 Å². The Morgan fingerprint density at radius 3 is 2.72 bits per heavy atom. The maximum Gasteiger partial charge on any atom is 0.417 e. The highest BCUT2D eigenvalue weighted by molar-refractivity contribution is 5.99. The molecule has 5 rings (SSSR count). The van der Waals surface area contributed by atoms with E-state index in [-0.39, 0.29) is 17.9 Å². The first kappa shape index (κ1) is 24.1. The molecule has 2 amide bonds. The number of Topliss-reactive ketones (excluding diaryl/α,β-unsaturated/α-hetero) is 1. The number of aryl methyl sites for hydroxylation is 1. The van der Waals surface area contributed by atoms with Crippen LogP contribution in [0.4, 0.5) is 10.5 Å². The number of urea groups is 1. The van der Waals surface area contributed by atoms with Crippen LogP contribution in [0, 0.1) is 6.92 Å². The molecule has 1 saturated heterocycles. The first-order valence-corrected chi connectivity index (χ1v) is 12.5. The van der Waals surface area contributed by atoms with Gasteiger partial charge in [-0.3, -0.25) is 9.78 Å². The van der Waals surface area contributed by atoms with E-state index in [1.54, 1.807) is 13.2 Å². The topological polar surface area (TPSA) is 108 Å². The largest absolute Gasteiger partial charge is 0.497 e. The number of anilines is 1. The number of likely N-dealkylation sites (tertiary alicyclic amines) is 1. The molecule has 2 N–H and O–H groups in total. The van der Waals surface area contributed by atoms with Crippen molar-refractivity contribution in [3.8, 4) is 5.75 Å². The third-order valence-electron chi connectivity index (χ3n) is 7.36. The zero-order chi connectivity index (χ0) is 25.2. The molecule has 190 valence electrons. The number of hydrogen-bond acceptors (Lipinski definition) is 6. The van der Waals surface area contributed by atoms with Gasteiger partial charge in [0.1, 0.15) is 5.75 Å². The predicted molar refractivity (Wildman–Crippen MR) is 137 cm³/mol. The van der Waals surface area contributed by atoms with E-state index < -0.39 is 5.76 Å². The highest BCUT2D eigenvalue weighted by Gasteiger charge is 2.30. The Morgan fingerprint density at radius 2 is 1.94 bits per heavy atom. The van der Waals surface area contributed by atoms with Gasteiger partial charge in [0, 0.05) is 43.3 Å². The van der Waals surface area contributed by atoms with Crippen molar-refractivity contribution in [2.24, 2.45) is 0 Å². The fraction of sp³-hybridized carbons (Fsp3) is 0.444. The number of benzene rings is 2. The van der Waals surface area contributed by atoms with Crippen molar-refractivity contribution in [1.29, 1.82) is 0 Å². The standard InChI is InChI=1S/C27H32N4O5/c1-17-14-19(16-24-25(17)29-27(34)36-24)23(32)4-3-10-30-11-8-20(9-12-30)31-13-7-18-15-21(35-2)5-6-22(18)28-26(31)33/h5-6,14-16,20H,3-4,7-13H2,1-2H3,(H,28,33)(H,29,34). The average Bonchev–Trinajstić information content (AvgIpc) is 3.18. The number of fused-ring (bicyclic) bond motifs is 2. The molecule has 0 aliphatic carbocycles. The fourth-order valence-corrected chi connectivity index (χ4v) is 5.35. The molecule has 1 aromatic heterocycles. The molecule has 0 radical (unpaired) electrons. The summed E-state index contributed by atoms with van der Waals surface area (Å²) >= 11 is 0. The van der Waals surface area contributed by atoms with E-state index in [1.165, 1.54) is 0 Å². The summed E-state index contributed by atoms with van der Waals surface area (Å²) in [6.45, 7) is 5.20. The van der Waals surface area contributed by atoms with E-state index in [4.69, 9.17) is 9.15 Å². The Labute approximate surface area is 209 Å². The fourth-order valence-electron chi connectivity index (χ4n) is 5.35. The molecule has 0 atom stereocenters. The SMILES string of the molecule is COc1ccc2c(c1)CCN(C1CCN(CCCC(=O)c3cc(C)c4[nH]c(=O)oc4c3)CC1)C(=O)N2. The van der Waals surface area contributed by atoms with E-state index in [0.29, 0.717) is 29.6 Å². The number of oxazole rings is 1. The maximum absolute atomic E-state index is 12.9. The van der Waals surface area contributed by atoms with Gasteiger partial charge >= 0.3 is 11.8 Å². The second-order valence-corrected chi connectivity index (χ2v) is 9.68. The Morgan fingerprint density at radius 1 is 1.14 bits per heavy atom. The number of hydrogen-bond donors (Lipinski definition) is 2. The minimum absolute atomic E-state index is 0.0338. The van der Waals surface area contributed by atoms with E-state index in [2.05, 4.69) is 15.2 Å². The summed E-state index contributed by atoms with van der Waals surface area (Å²) in [6.07, 6.45) is 3.84. The Hall–Kier alpha value is -3.59. The highest BCUT2D eigenvalue weighted by Crippen LogP contribution is 2.28. The quantitative estimate of drug-likeness (QED) is 0.484. The molecule has 9 heteroatoms. The Bertz CT molecular complexity index is 1340. The number of piperidine rings is 1. The zero-order valence-electron chi connectivity index (χ0n) is 20.8. The van der Waals surface area contributed by atoms with E-state index in [1.807, 2.05) is 36.1 Å². The summed E-state index contributed by atoms with van der Waals surface area (Å²) in [6, 6.07) is 9.41. The maximum atomic E-state index is 12.9. The van der Waals surface area contributed by atoms with Crippen LogP contribution < -0.4 is 15.8 Å². The van der Waals surface area contributed by atoms with Crippen LogP contribution >= 0.6 is 0 Å². The smallest absolute Gasteiger partial charge is 0.417 e. The monoisotopic (exact) mass is 492 g/mol. The number of nitrogens with zero attached hydrogens (tertiary/aromatic N) is 2. The average molecular weight is 493 g/mol. The Balaban J connectivity index is 1.10. The number of amides is 2. The number of nitrogens with one attached hydrogen (secondary N) is 2. The molecule has 36 heavy (non-hydrogen) atoms. The van der Waals surface area contributed by atoms with Crippen molar-refractivity contribution < 1.29 is 18.7 Å². The van der Waals surface area contributed by atoms with Crippen molar-refractivity contribution in [3.05, 3.63) is 57.6 Å². The van der Waals surface area contributed by atoms with Gasteiger partial charge in [-0.05, 0) is 80.6 Å². The lowest BCUT2D eigenvalue weighted by atomic mass is 10.0. The second kappa shape index (κ2) is 10.2. The molecule has 2 aromatic carbocycles. The van der Waals surface area contributed by atoms with Gasteiger partial charge < -0.3 is 24.3 Å². The van der Waals surface area contributed by atoms with Gasteiger partial charge in [0.25, 0.3) is 0 Å². The Kier molecular flexibility index (Phi) is 6.82. The number of aromatic nitrogens is 1. The van der Waals surface area contributed by atoms with Crippen LogP contribution in [-0.2, 0) is 6.42 Å². The number of H-pyrrole nitrogens is 1. The first-order chi connectivity index (χ1) is 17.4. The summed E-state index contributed by atoms with van der Waals surface area (Å²) in [4.78, 5) is 44.1. The number of carbonyl (C=O) groups excluding carboxylic acids is 2. The van der Waals surface area contributed by atoms with Gasteiger partial charge in [-0.15, -0.1) is 0 Å². The molecular formula is C27H32N4O5. The van der Waals surface area contributed by atoms with E-state index >= 15 is 0 Å².